The van der Waals surface area contributed by atoms with Crippen molar-refractivity contribution in [1.82, 2.24) is 15.0 Å². The zero-order valence-electron chi connectivity index (χ0n) is 26.5. The Morgan fingerprint density at radius 2 is 1.06 bits per heavy atom. The lowest BCUT2D eigenvalue weighted by atomic mass is 9.66. The van der Waals surface area contributed by atoms with Gasteiger partial charge in [0.05, 0.1) is 16.8 Å². The molecular formula is C43H31N3O. The number of pyridine rings is 1. The van der Waals surface area contributed by atoms with Gasteiger partial charge in [-0.15, -0.1) is 0 Å². The van der Waals surface area contributed by atoms with Gasteiger partial charge in [0.1, 0.15) is 11.5 Å². The molecule has 0 bridgehead atoms. The summed E-state index contributed by atoms with van der Waals surface area (Å²) in [4.78, 5) is 15.4. The Labute approximate surface area is 274 Å². The van der Waals surface area contributed by atoms with Crippen molar-refractivity contribution < 1.29 is 4.74 Å². The highest BCUT2D eigenvalue weighted by molar-refractivity contribution is 5.90. The number of rotatable bonds is 3. The fourth-order valence-electron chi connectivity index (χ4n) is 7.72. The predicted molar refractivity (Wildman–Crippen MR) is 188 cm³/mol. The Hall–Kier alpha value is -5.87. The summed E-state index contributed by atoms with van der Waals surface area (Å²) in [5.74, 6) is 2.44. The Balaban J connectivity index is 1.34. The number of hydrogen-bond donors (Lipinski definition) is 0. The molecule has 9 rings (SSSR count). The molecule has 0 fully saturated rings. The van der Waals surface area contributed by atoms with E-state index in [1.165, 1.54) is 22.3 Å². The molecule has 7 aromatic rings. The number of ether oxygens (including phenoxy) is 1. The van der Waals surface area contributed by atoms with Crippen LogP contribution in [0.3, 0.4) is 0 Å². The van der Waals surface area contributed by atoms with Crippen molar-refractivity contribution in [3.8, 4) is 56.5 Å². The van der Waals surface area contributed by atoms with Gasteiger partial charge in [-0.25, -0.2) is 9.97 Å². The predicted octanol–water partition coefficient (Wildman–Crippen LogP) is 10.3. The minimum atomic E-state index is -0.555. The molecule has 1 aliphatic carbocycles. The van der Waals surface area contributed by atoms with E-state index in [0.717, 1.165) is 67.7 Å². The maximum absolute atomic E-state index is 6.54. The van der Waals surface area contributed by atoms with Gasteiger partial charge in [0, 0.05) is 44.8 Å². The summed E-state index contributed by atoms with van der Waals surface area (Å²) in [6, 6.07) is 47.0. The lowest BCUT2D eigenvalue weighted by Gasteiger charge is -2.39. The second kappa shape index (κ2) is 10.3. The number of nitrogens with zero attached hydrogens (tertiary/aromatic N) is 3. The van der Waals surface area contributed by atoms with Crippen molar-refractivity contribution in [2.45, 2.75) is 26.2 Å². The summed E-state index contributed by atoms with van der Waals surface area (Å²) in [7, 11) is 0. The van der Waals surface area contributed by atoms with Crippen LogP contribution in [0.2, 0.25) is 0 Å². The molecule has 1 spiro atoms. The maximum Gasteiger partial charge on any atom is 0.160 e. The van der Waals surface area contributed by atoms with Gasteiger partial charge < -0.3 is 4.74 Å². The average molecular weight is 606 g/mol. The highest BCUT2D eigenvalue weighted by atomic mass is 16.5. The van der Waals surface area contributed by atoms with E-state index in [1.807, 2.05) is 25.1 Å². The van der Waals surface area contributed by atoms with Gasteiger partial charge in [-0.3, -0.25) is 4.98 Å². The summed E-state index contributed by atoms with van der Waals surface area (Å²) in [6.07, 6.45) is 0. The van der Waals surface area contributed by atoms with Gasteiger partial charge >= 0.3 is 0 Å². The molecule has 0 N–H and O–H groups in total. The van der Waals surface area contributed by atoms with E-state index in [1.54, 1.807) is 0 Å². The van der Waals surface area contributed by atoms with Gasteiger partial charge in [-0.1, -0.05) is 103 Å². The van der Waals surface area contributed by atoms with Crippen LogP contribution in [0.25, 0.3) is 45.0 Å². The molecule has 0 saturated heterocycles. The summed E-state index contributed by atoms with van der Waals surface area (Å²) in [5.41, 5.74) is 14.5. The maximum atomic E-state index is 6.54. The lowest BCUT2D eigenvalue weighted by molar-refractivity contribution is 0.436. The Morgan fingerprint density at radius 1 is 0.468 bits per heavy atom. The van der Waals surface area contributed by atoms with E-state index >= 15 is 0 Å². The van der Waals surface area contributed by atoms with E-state index in [0.29, 0.717) is 5.82 Å². The molecule has 0 atom stereocenters. The van der Waals surface area contributed by atoms with Crippen LogP contribution in [0.15, 0.2) is 133 Å². The number of para-hydroxylation sites is 2. The Morgan fingerprint density at radius 3 is 1.79 bits per heavy atom. The van der Waals surface area contributed by atoms with Gasteiger partial charge in [-0.2, -0.15) is 0 Å². The minimum absolute atomic E-state index is 0.555. The Bertz CT molecular complexity index is 2330. The number of fused-ring (bicyclic) bond motifs is 9. The van der Waals surface area contributed by atoms with Crippen molar-refractivity contribution in [2.24, 2.45) is 0 Å². The SMILES string of the molecule is Cc1ccc(-c2nc(-c3ccc4c(c3)C3(c5ccccc5Oc5ccccc53)c3ccccc3-4)nc(-c3ccccc3)c2C)c(C)n1. The van der Waals surface area contributed by atoms with Crippen LogP contribution in [0.5, 0.6) is 11.5 Å². The van der Waals surface area contributed by atoms with Gasteiger partial charge in [-0.05, 0) is 73.4 Å². The monoisotopic (exact) mass is 605 g/mol. The molecule has 4 heteroatoms. The average Bonchev–Trinajstić information content (AvgIpc) is 3.39. The first-order valence-corrected chi connectivity index (χ1v) is 16.0. The summed E-state index contributed by atoms with van der Waals surface area (Å²) >= 11 is 0. The van der Waals surface area contributed by atoms with Crippen LogP contribution < -0.4 is 4.74 Å². The molecule has 1 aliphatic heterocycles. The molecule has 2 aliphatic rings. The third kappa shape index (κ3) is 3.98. The third-order valence-corrected chi connectivity index (χ3v) is 9.78. The van der Waals surface area contributed by atoms with E-state index in [-0.39, 0.29) is 0 Å². The molecule has 47 heavy (non-hydrogen) atoms. The lowest BCUT2D eigenvalue weighted by Crippen LogP contribution is -2.32. The molecule has 0 saturated carbocycles. The van der Waals surface area contributed by atoms with Crippen molar-refractivity contribution in [2.75, 3.05) is 0 Å². The Kier molecular flexibility index (Phi) is 6.03. The fourth-order valence-corrected chi connectivity index (χ4v) is 7.72. The highest BCUT2D eigenvalue weighted by Gasteiger charge is 2.51. The number of aryl methyl sites for hydroxylation is 2. The number of benzene rings is 5. The third-order valence-electron chi connectivity index (χ3n) is 9.78. The van der Waals surface area contributed by atoms with Crippen molar-refractivity contribution in [3.05, 3.63) is 173 Å². The first-order chi connectivity index (χ1) is 23.0. The molecule has 0 radical (unpaired) electrons. The van der Waals surface area contributed by atoms with Crippen LogP contribution in [-0.2, 0) is 5.41 Å². The molecule has 3 heterocycles. The normalized spacial score (nSPS) is 13.3. The van der Waals surface area contributed by atoms with Crippen molar-refractivity contribution in [1.29, 1.82) is 0 Å². The van der Waals surface area contributed by atoms with Crippen LogP contribution in [0, 0.1) is 20.8 Å². The zero-order valence-corrected chi connectivity index (χ0v) is 26.5. The summed E-state index contributed by atoms with van der Waals surface area (Å²) in [5, 5.41) is 0. The van der Waals surface area contributed by atoms with Gasteiger partial charge in [0.15, 0.2) is 5.82 Å². The van der Waals surface area contributed by atoms with Gasteiger partial charge in [0.25, 0.3) is 0 Å². The first kappa shape index (κ1) is 27.4. The summed E-state index contributed by atoms with van der Waals surface area (Å²) < 4.78 is 6.54. The van der Waals surface area contributed by atoms with Crippen LogP contribution >= 0.6 is 0 Å². The quantitative estimate of drug-likeness (QED) is 0.201. The summed E-state index contributed by atoms with van der Waals surface area (Å²) in [6.45, 7) is 6.20. The molecule has 4 nitrogen and oxygen atoms in total. The van der Waals surface area contributed by atoms with Crippen LogP contribution in [0.1, 0.15) is 39.2 Å². The second-order valence-corrected chi connectivity index (χ2v) is 12.5. The first-order valence-electron chi connectivity index (χ1n) is 16.0. The molecule has 0 amide bonds. The fraction of sp³-hybridized carbons (Fsp3) is 0.0930. The van der Waals surface area contributed by atoms with E-state index in [4.69, 9.17) is 19.7 Å². The molecular weight excluding hydrogens is 574 g/mol. The van der Waals surface area contributed by atoms with Crippen LogP contribution in [-0.4, -0.2) is 15.0 Å². The molecule has 5 aromatic carbocycles. The largest absolute Gasteiger partial charge is 0.457 e. The van der Waals surface area contributed by atoms with E-state index in [9.17, 15) is 0 Å². The second-order valence-electron chi connectivity index (χ2n) is 12.5. The van der Waals surface area contributed by atoms with Crippen molar-refractivity contribution in [3.63, 3.8) is 0 Å². The van der Waals surface area contributed by atoms with Gasteiger partial charge in [0.2, 0.25) is 0 Å². The minimum Gasteiger partial charge on any atom is -0.457 e. The topological polar surface area (TPSA) is 47.9 Å². The molecule has 224 valence electrons. The number of hydrogen-bond acceptors (Lipinski definition) is 4. The van der Waals surface area contributed by atoms with Crippen LogP contribution in [0.4, 0.5) is 0 Å². The van der Waals surface area contributed by atoms with E-state index < -0.39 is 5.41 Å². The standard InChI is InChI=1S/C43H31N3O/c1-26-21-23-31(28(3)44-26)41-27(2)40(29-13-5-4-6-14-29)45-42(46-41)30-22-24-33-32-15-7-8-16-34(32)43(37(33)25-30)35-17-9-11-19-38(35)47-39-20-12-10-18-36(39)43/h4-25H,1-3H3. The smallest absolute Gasteiger partial charge is 0.160 e. The molecule has 0 unspecified atom stereocenters. The molecule has 2 aromatic heterocycles. The number of aromatic nitrogens is 3. The zero-order chi connectivity index (χ0) is 31.7. The van der Waals surface area contributed by atoms with Crippen molar-refractivity contribution >= 4 is 0 Å². The van der Waals surface area contributed by atoms with E-state index in [2.05, 4.69) is 129 Å². The highest BCUT2D eigenvalue weighted by Crippen LogP contribution is 2.62.